The fourth-order valence-electron chi connectivity index (χ4n) is 2.65. The van der Waals surface area contributed by atoms with Crippen LogP contribution in [0.15, 0.2) is 40.4 Å². The molecule has 0 saturated carbocycles. The van der Waals surface area contributed by atoms with Crippen LogP contribution >= 0.6 is 12.4 Å². The zero-order chi connectivity index (χ0) is 17.4. The van der Waals surface area contributed by atoms with E-state index in [2.05, 4.69) is 9.97 Å². The highest BCUT2D eigenvalue weighted by Gasteiger charge is 2.25. The maximum Gasteiger partial charge on any atom is 0.332 e. The number of carboxylic acids is 1. The van der Waals surface area contributed by atoms with Crippen LogP contribution < -0.4 is 11.2 Å². The van der Waals surface area contributed by atoms with Gasteiger partial charge in [0.1, 0.15) is 6.04 Å². The van der Waals surface area contributed by atoms with Gasteiger partial charge in [0, 0.05) is 32.9 Å². The van der Waals surface area contributed by atoms with Gasteiger partial charge in [-0.1, -0.05) is 6.07 Å². The number of imidazole rings is 1. The van der Waals surface area contributed by atoms with E-state index in [0.29, 0.717) is 5.56 Å². The summed E-state index contributed by atoms with van der Waals surface area (Å²) < 4.78 is 3.45. The first-order valence-electron chi connectivity index (χ1n) is 7.16. The summed E-state index contributed by atoms with van der Waals surface area (Å²) in [7, 11) is 2.83. The summed E-state index contributed by atoms with van der Waals surface area (Å²) in [6.45, 7) is 0. The third-order valence-corrected chi connectivity index (χ3v) is 3.95. The highest BCUT2D eigenvalue weighted by molar-refractivity contribution is 5.85. The van der Waals surface area contributed by atoms with E-state index in [1.54, 1.807) is 24.5 Å². The van der Waals surface area contributed by atoms with Gasteiger partial charge < -0.3 is 9.67 Å². The van der Waals surface area contributed by atoms with Crippen LogP contribution in [0.3, 0.4) is 0 Å². The number of nitrogens with zero attached hydrogens (tertiary/aromatic N) is 5. The summed E-state index contributed by atoms with van der Waals surface area (Å²) in [5, 5.41) is 9.60. The zero-order valence-electron chi connectivity index (χ0n) is 13.5. The Bertz CT molecular complexity index is 1040. The lowest BCUT2D eigenvalue weighted by molar-refractivity contribution is -0.140. The molecule has 0 spiro atoms. The zero-order valence-corrected chi connectivity index (χ0v) is 14.3. The van der Waals surface area contributed by atoms with Gasteiger partial charge in [-0.15, -0.1) is 12.4 Å². The van der Waals surface area contributed by atoms with E-state index in [1.165, 1.54) is 29.6 Å². The number of carbonyl (C=O) groups is 1. The van der Waals surface area contributed by atoms with Crippen LogP contribution in [-0.2, 0) is 25.3 Å². The molecule has 1 atom stereocenters. The molecule has 0 fully saturated rings. The van der Waals surface area contributed by atoms with Gasteiger partial charge >= 0.3 is 11.7 Å². The molecule has 0 aliphatic rings. The quantitative estimate of drug-likeness (QED) is 0.702. The van der Waals surface area contributed by atoms with Crippen molar-refractivity contribution in [3.05, 3.63) is 57.3 Å². The molecule has 3 aromatic heterocycles. The number of hydrogen-bond acceptors (Lipinski definition) is 5. The van der Waals surface area contributed by atoms with Gasteiger partial charge in [0.05, 0.1) is 6.33 Å². The SMILES string of the molecule is Cl.Cn1c(=O)c2c(ncn2C(Cc2cccnc2)C(=O)O)n(C)c1=O. The molecule has 3 rings (SSSR count). The lowest BCUT2D eigenvalue weighted by Crippen LogP contribution is -2.38. The Balaban J connectivity index is 0.00000225. The summed E-state index contributed by atoms with van der Waals surface area (Å²) in [5.41, 5.74) is -0.148. The fourth-order valence-corrected chi connectivity index (χ4v) is 2.65. The second-order valence-corrected chi connectivity index (χ2v) is 5.45. The van der Waals surface area contributed by atoms with Gasteiger partial charge in [0.25, 0.3) is 5.56 Å². The van der Waals surface area contributed by atoms with Crippen molar-refractivity contribution < 1.29 is 9.90 Å². The summed E-state index contributed by atoms with van der Waals surface area (Å²) >= 11 is 0. The molecular formula is C15H16ClN5O4. The number of pyridine rings is 1. The lowest BCUT2D eigenvalue weighted by Gasteiger charge is -2.15. The molecule has 25 heavy (non-hydrogen) atoms. The van der Waals surface area contributed by atoms with Crippen molar-refractivity contribution in [2.45, 2.75) is 12.5 Å². The lowest BCUT2D eigenvalue weighted by atomic mass is 10.1. The van der Waals surface area contributed by atoms with Crippen molar-refractivity contribution in [3.63, 3.8) is 0 Å². The Labute approximate surface area is 147 Å². The minimum atomic E-state index is -1.10. The number of aryl methyl sites for hydroxylation is 1. The largest absolute Gasteiger partial charge is 0.480 e. The Morgan fingerprint density at radius 2 is 2.00 bits per heavy atom. The van der Waals surface area contributed by atoms with Gasteiger partial charge in [-0.25, -0.2) is 14.6 Å². The van der Waals surface area contributed by atoms with E-state index >= 15 is 0 Å². The van der Waals surface area contributed by atoms with E-state index in [-0.39, 0.29) is 30.0 Å². The number of aliphatic carboxylic acids is 1. The van der Waals surface area contributed by atoms with E-state index in [4.69, 9.17) is 0 Å². The Morgan fingerprint density at radius 1 is 1.28 bits per heavy atom. The molecule has 0 aromatic carbocycles. The van der Waals surface area contributed by atoms with Gasteiger partial charge in [-0.3, -0.25) is 18.9 Å². The highest BCUT2D eigenvalue weighted by Crippen LogP contribution is 2.18. The van der Waals surface area contributed by atoms with E-state index < -0.39 is 23.3 Å². The number of aromatic nitrogens is 5. The van der Waals surface area contributed by atoms with Crippen LogP contribution in [0, 0.1) is 0 Å². The monoisotopic (exact) mass is 365 g/mol. The van der Waals surface area contributed by atoms with Gasteiger partial charge in [-0.05, 0) is 11.6 Å². The summed E-state index contributed by atoms with van der Waals surface area (Å²) in [4.78, 5) is 44.2. The molecule has 0 aliphatic carbocycles. The minimum absolute atomic E-state index is 0. The van der Waals surface area contributed by atoms with Crippen molar-refractivity contribution in [1.29, 1.82) is 0 Å². The molecule has 9 nitrogen and oxygen atoms in total. The average molecular weight is 366 g/mol. The van der Waals surface area contributed by atoms with E-state index in [0.717, 1.165) is 4.57 Å². The third-order valence-electron chi connectivity index (χ3n) is 3.95. The van der Waals surface area contributed by atoms with Crippen LogP contribution in [0.2, 0.25) is 0 Å². The van der Waals surface area contributed by atoms with Crippen molar-refractivity contribution in [2.24, 2.45) is 14.1 Å². The number of halogens is 1. The van der Waals surface area contributed by atoms with Crippen LogP contribution in [0.25, 0.3) is 11.2 Å². The van der Waals surface area contributed by atoms with Crippen molar-refractivity contribution in [1.82, 2.24) is 23.7 Å². The molecule has 0 amide bonds. The number of hydrogen-bond donors (Lipinski definition) is 1. The summed E-state index contributed by atoms with van der Waals surface area (Å²) in [6.07, 6.45) is 4.58. The predicted molar refractivity (Wildman–Crippen MR) is 92.1 cm³/mol. The first kappa shape index (κ1) is 18.4. The topological polar surface area (TPSA) is 112 Å². The molecule has 3 aromatic rings. The number of rotatable bonds is 4. The van der Waals surface area contributed by atoms with Crippen LogP contribution in [0.5, 0.6) is 0 Å². The van der Waals surface area contributed by atoms with Crippen molar-refractivity contribution >= 4 is 29.5 Å². The Hall–Kier alpha value is -2.94. The van der Waals surface area contributed by atoms with E-state index in [1.807, 2.05) is 0 Å². The molecule has 132 valence electrons. The molecule has 10 heteroatoms. The third kappa shape index (κ3) is 3.05. The molecule has 0 aliphatic heterocycles. The Morgan fingerprint density at radius 3 is 2.60 bits per heavy atom. The van der Waals surface area contributed by atoms with Gasteiger partial charge in [0.2, 0.25) is 0 Å². The first-order chi connectivity index (χ1) is 11.4. The molecule has 0 saturated heterocycles. The second-order valence-electron chi connectivity index (χ2n) is 5.45. The summed E-state index contributed by atoms with van der Waals surface area (Å²) in [5.74, 6) is -1.10. The molecule has 1 unspecified atom stereocenters. The van der Waals surface area contributed by atoms with Gasteiger partial charge in [-0.2, -0.15) is 0 Å². The molecule has 0 radical (unpaired) electrons. The molecule has 3 heterocycles. The van der Waals surface area contributed by atoms with Crippen LogP contribution in [0.4, 0.5) is 0 Å². The molecular weight excluding hydrogens is 350 g/mol. The maximum atomic E-state index is 12.4. The normalized spacial score (nSPS) is 11.9. The fraction of sp³-hybridized carbons (Fsp3) is 0.267. The Kier molecular flexibility index (Phi) is 5.07. The predicted octanol–water partition coefficient (Wildman–Crippen LogP) is 0.119. The maximum absolute atomic E-state index is 12.4. The minimum Gasteiger partial charge on any atom is -0.480 e. The van der Waals surface area contributed by atoms with Crippen molar-refractivity contribution in [2.75, 3.05) is 0 Å². The average Bonchev–Trinajstić information content (AvgIpc) is 3.01. The highest BCUT2D eigenvalue weighted by atomic mass is 35.5. The van der Waals surface area contributed by atoms with Crippen LogP contribution in [0.1, 0.15) is 11.6 Å². The van der Waals surface area contributed by atoms with Crippen LogP contribution in [-0.4, -0.2) is 34.7 Å². The van der Waals surface area contributed by atoms with Gasteiger partial charge in [0.15, 0.2) is 11.2 Å². The number of fused-ring (bicyclic) bond motifs is 1. The molecule has 1 N–H and O–H groups in total. The molecule has 0 bridgehead atoms. The smallest absolute Gasteiger partial charge is 0.332 e. The van der Waals surface area contributed by atoms with E-state index in [9.17, 15) is 19.5 Å². The van der Waals surface area contributed by atoms with Crippen molar-refractivity contribution in [3.8, 4) is 0 Å². The number of carboxylic acid groups (broad SMARTS) is 1. The first-order valence-corrected chi connectivity index (χ1v) is 7.16. The summed E-state index contributed by atoms with van der Waals surface area (Å²) in [6, 6.07) is 2.43. The second kappa shape index (κ2) is 6.89. The standard InChI is InChI=1S/C15H15N5O4.ClH/c1-18-12-11(13(21)19(2)15(18)24)20(8-17-12)10(14(22)23)6-9-4-3-5-16-7-9;/h3-5,7-8,10H,6H2,1-2H3,(H,22,23);1H.